The van der Waals surface area contributed by atoms with E-state index in [0.717, 1.165) is 35.2 Å². The van der Waals surface area contributed by atoms with Crippen molar-refractivity contribution in [2.75, 3.05) is 6.61 Å². The Bertz CT molecular complexity index is 579. The number of nitrogens with zero attached hydrogens (tertiary/aromatic N) is 2. The van der Waals surface area contributed by atoms with Gasteiger partial charge in [0.1, 0.15) is 5.75 Å². The van der Waals surface area contributed by atoms with Crippen LogP contribution < -0.4 is 4.74 Å². The predicted octanol–water partition coefficient (Wildman–Crippen LogP) is 3.89. The first-order valence-corrected chi connectivity index (χ1v) is 6.83. The fourth-order valence-corrected chi connectivity index (χ4v) is 2.06. The molecule has 1 heterocycles. The van der Waals surface area contributed by atoms with Crippen molar-refractivity contribution in [1.82, 2.24) is 10.2 Å². The monoisotopic (exact) mass is 274 g/mol. The van der Waals surface area contributed by atoms with E-state index in [0.29, 0.717) is 5.02 Å². The van der Waals surface area contributed by atoms with Crippen molar-refractivity contribution < 1.29 is 4.74 Å². The van der Waals surface area contributed by atoms with E-state index in [4.69, 9.17) is 16.3 Å². The molecule has 1 saturated carbocycles. The van der Waals surface area contributed by atoms with E-state index >= 15 is 0 Å². The second-order valence-electron chi connectivity index (χ2n) is 4.96. The number of halogens is 1. The third kappa shape index (κ3) is 3.04. The van der Waals surface area contributed by atoms with Crippen LogP contribution in [0.5, 0.6) is 5.75 Å². The third-order valence-corrected chi connectivity index (χ3v) is 3.49. The molecule has 1 aliphatic carbocycles. The van der Waals surface area contributed by atoms with Crippen LogP contribution in [0.2, 0.25) is 5.02 Å². The number of ether oxygens (including phenoxy) is 1. The summed E-state index contributed by atoms with van der Waals surface area (Å²) < 4.78 is 5.70. The SMILES string of the molecule is Cc1ccc(-c2ccc(OCC3CC3)c(Cl)c2)nn1. The lowest BCUT2D eigenvalue weighted by Crippen LogP contribution is -1.99. The van der Waals surface area contributed by atoms with Gasteiger partial charge in [0.25, 0.3) is 0 Å². The van der Waals surface area contributed by atoms with Crippen LogP contribution in [0.15, 0.2) is 30.3 Å². The highest BCUT2D eigenvalue weighted by atomic mass is 35.5. The van der Waals surface area contributed by atoms with Crippen molar-refractivity contribution in [1.29, 1.82) is 0 Å². The smallest absolute Gasteiger partial charge is 0.137 e. The maximum absolute atomic E-state index is 6.24. The molecule has 0 N–H and O–H groups in total. The molecular weight excluding hydrogens is 260 g/mol. The zero-order valence-electron chi connectivity index (χ0n) is 10.8. The summed E-state index contributed by atoms with van der Waals surface area (Å²) in [6.45, 7) is 2.68. The van der Waals surface area contributed by atoms with Crippen molar-refractivity contribution in [2.45, 2.75) is 19.8 Å². The highest BCUT2D eigenvalue weighted by Crippen LogP contribution is 2.33. The van der Waals surface area contributed by atoms with Crippen molar-refractivity contribution in [3.8, 4) is 17.0 Å². The lowest BCUT2D eigenvalue weighted by atomic mass is 10.1. The van der Waals surface area contributed by atoms with E-state index in [2.05, 4.69) is 10.2 Å². The Balaban J connectivity index is 1.79. The molecule has 0 amide bonds. The molecule has 0 saturated heterocycles. The maximum atomic E-state index is 6.24. The average Bonchev–Trinajstić information content (AvgIpc) is 3.22. The van der Waals surface area contributed by atoms with E-state index in [1.54, 1.807) is 0 Å². The van der Waals surface area contributed by atoms with E-state index in [1.807, 2.05) is 37.3 Å². The minimum Gasteiger partial charge on any atom is -0.492 e. The van der Waals surface area contributed by atoms with E-state index in [9.17, 15) is 0 Å². The van der Waals surface area contributed by atoms with Crippen molar-refractivity contribution in [3.05, 3.63) is 41.0 Å². The maximum Gasteiger partial charge on any atom is 0.137 e. The summed E-state index contributed by atoms with van der Waals surface area (Å²) in [6, 6.07) is 9.63. The lowest BCUT2D eigenvalue weighted by molar-refractivity contribution is 0.300. The standard InChI is InChI=1S/C15H15ClN2O/c1-10-2-6-14(18-17-10)12-5-7-15(13(16)8-12)19-9-11-3-4-11/h2,5-8,11H,3-4,9H2,1H3. The number of benzene rings is 1. The van der Waals surface area contributed by atoms with Crippen molar-refractivity contribution >= 4 is 11.6 Å². The number of hydrogen-bond donors (Lipinski definition) is 0. The van der Waals surface area contributed by atoms with E-state index < -0.39 is 0 Å². The predicted molar refractivity (Wildman–Crippen MR) is 75.4 cm³/mol. The minimum absolute atomic E-state index is 0.625. The van der Waals surface area contributed by atoms with E-state index in [-0.39, 0.29) is 0 Å². The molecule has 1 aromatic carbocycles. The molecule has 19 heavy (non-hydrogen) atoms. The number of rotatable bonds is 4. The molecule has 0 bridgehead atoms. The molecule has 1 aromatic heterocycles. The Hall–Kier alpha value is -1.61. The lowest BCUT2D eigenvalue weighted by Gasteiger charge is -2.08. The Morgan fingerprint density at radius 3 is 2.68 bits per heavy atom. The molecule has 0 aliphatic heterocycles. The second kappa shape index (κ2) is 5.17. The van der Waals surface area contributed by atoms with Crippen LogP contribution in [-0.2, 0) is 0 Å². The molecule has 0 unspecified atom stereocenters. The fraction of sp³-hybridized carbons (Fsp3) is 0.333. The molecule has 98 valence electrons. The Labute approximate surface area is 117 Å². The zero-order valence-corrected chi connectivity index (χ0v) is 11.5. The Morgan fingerprint density at radius 1 is 1.21 bits per heavy atom. The molecule has 1 aliphatic rings. The van der Waals surface area contributed by atoms with E-state index in [1.165, 1.54) is 12.8 Å². The van der Waals surface area contributed by atoms with Gasteiger partial charge in [-0.3, -0.25) is 0 Å². The highest BCUT2D eigenvalue weighted by molar-refractivity contribution is 6.32. The first kappa shape index (κ1) is 12.4. The van der Waals surface area contributed by atoms with Crippen LogP contribution in [0.25, 0.3) is 11.3 Å². The number of aromatic nitrogens is 2. The molecule has 4 heteroatoms. The van der Waals surface area contributed by atoms with Crippen LogP contribution in [0.3, 0.4) is 0 Å². The van der Waals surface area contributed by atoms with Gasteiger partial charge in [-0.15, -0.1) is 0 Å². The largest absolute Gasteiger partial charge is 0.492 e. The van der Waals surface area contributed by atoms with Crippen LogP contribution in [0.1, 0.15) is 18.5 Å². The molecular formula is C15H15ClN2O. The quantitative estimate of drug-likeness (QED) is 0.848. The summed E-state index contributed by atoms with van der Waals surface area (Å²) >= 11 is 6.24. The molecule has 3 nitrogen and oxygen atoms in total. The van der Waals surface area contributed by atoms with Crippen molar-refractivity contribution in [3.63, 3.8) is 0 Å². The first-order chi connectivity index (χ1) is 9.22. The Morgan fingerprint density at radius 2 is 2.05 bits per heavy atom. The summed E-state index contributed by atoms with van der Waals surface area (Å²) in [5.41, 5.74) is 2.68. The molecule has 0 radical (unpaired) electrons. The molecule has 0 spiro atoms. The summed E-state index contributed by atoms with van der Waals surface area (Å²) in [5.74, 6) is 1.47. The van der Waals surface area contributed by atoms with Crippen molar-refractivity contribution in [2.24, 2.45) is 5.92 Å². The van der Waals surface area contributed by atoms with Gasteiger partial charge in [-0.05, 0) is 56.0 Å². The van der Waals surface area contributed by atoms with Gasteiger partial charge in [-0.25, -0.2) is 0 Å². The highest BCUT2D eigenvalue weighted by Gasteiger charge is 2.22. The first-order valence-electron chi connectivity index (χ1n) is 6.45. The normalized spacial score (nSPS) is 14.4. The summed E-state index contributed by atoms with van der Waals surface area (Å²) in [6.07, 6.45) is 2.54. The fourth-order valence-electron chi connectivity index (χ4n) is 1.82. The summed E-state index contributed by atoms with van der Waals surface area (Å²) in [7, 11) is 0. The Kier molecular flexibility index (Phi) is 3.38. The molecule has 0 atom stereocenters. The van der Waals surface area contributed by atoms with Gasteiger partial charge in [0.15, 0.2) is 0 Å². The van der Waals surface area contributed by atoms with Gasteiger partial charge < -0.3 is 4.74 Å². The number of hydrogen-bond acceptors (Lipinski definition) is 3. The third-order valence-electron chi connectivity index (χ3n) is 3.20. The second-order valence-corrected chi connectivity index (χ2v) is 5.37. The van der Waals surface area contributed by atoms with Gasteiger partial charge in [0, 0.05) is 5.56 Å². The van der Waals surface area contributed by atoms with Crippen LogP contribution in [0.4, 0.5) is 0 Å². The van der Waals surface area contributed by atoms with Gasteiger partial charge >= 0.3 is 0 Å². The van der Waals surface area contributed by atoms with Crippen LogP contribution >= 0.6 is 11.6 Å². The van der Waals surface area contributed by atoms with Gasteiger partial charge in [-0.1, -0.05) is 11.6 Å². The topological polar surface area (TPSA) is 35.0 Å². The van der Waals surface area contributed by atoms with Gasteiger partial charge in [0.05, 0.1) is 23.0 Å². The average molecular weight is 275 g/mol. The number of aryl methyl sites for hydroxylation is 1. The van der Waals surface area contributed by atoms with Crippen LogP contribution in [0, 0.1) is 12.8 Å². The van der Waals surface area contributed by atoms with Gasteiger partial charge in [0.2, 0.25) is 0 Å². The molecule has 3 rings (SSSR count). The molecule has 1 fully saturated rings. The summed E-state index contributed by atoms with van der Waals surface area (Å²) in [4.78, 5) is 0. The minimum atomic E-state index is 0.625. The summed E-state index contributed by atoms with van der Waals surface area (Å²) in [5, 5.41) is 8.83. The molecule has 2 aromatic rings. The van der Waals surface area contributed by atoms with Gasteiger partial charge in [-0.2, -0.15) is 10.2 Å². The van der Waals surface area contributed by atoms with Crippen LogP contribution in [-0.4, -0.2) is 16.8 Å². The zero-order chi connectivity index (χ0) is 13.2.